The van der Waals surface area contributed by atoms with Gasteiger partial charge in [-0.05, 0) is 24.7 Å². The van der Waals surface area contributed by atoms with Gasteiger partial charge in [-0.3, -0.25) is 4.79 Å². The summed E-state index contributed by atoms with van der Waals surface area (Å²) in [7, 11) is 0. The summed E-state index contributed by atoms with van der Waals surface area (Å²) in [4.78, 5) is 10.6. The molecule has 0 aromatic carbocycles. The van der Waals surface area contributed by atoms with Crippen LogP contribution in [0.3, 0.4) is 0 Å². The van der Waals surface area contributed by atoms with Crippen LogP contribution in [0.1, 0.15) is 59.2 Å². The molecule has 0 aromatic heterocycles. The van der Waals surface area contributed by atoms with Crippen molar-refractivity contribution in [3.8, 4) is 0 Å². The van der Waals surface area contributed by atoms with E-state index >= 15 is 0 Å². The molecule has 0 amide bonds. The normalized spacial score (nSPS) is 29.5. The van der Waals surface area contributed by atoms with Gasteiger partial charge in [0.15, 0.2) is 0 Å². The molecule has 16 heavy (non-hydrogen) atoms. The van der Waals surface area contributed by atoms with E-state index in [9.17, 15) is 4.79 Å². The summed E-state index contributed by atoms with van der Waals surface area (Å²) in [5.41, 5.74) is 0. The number of hydrogen-bond acceptors (Lipinski definition) is 1. The van der Waals surface area contributed by atoms with Crippen molar-refractivity contribution >= 4 is 5.97 Å². The van der Waals surface area contributed by atoms with Gasteiger partial charge in [0, 0.05) is 0 Å². The second kappa shape index (κ2) is 7.03. The van der Waals surface area contributed by atoms with E-state index in [1.54, 1.807) is 0 Å². The van der Waals surface area contributed by atoms with Crippen molar-refractivity contribution in [1.82, 2.24) is 0 Å². The standard InChI is InChI=1S/C13H22O2.Na.H/c14-13(15)12-9-11(12)8-4-7-10-5-2-1-3-6-10;;/h10-12H,1-9H2,(H,14,15);;/q;+1;-1. The first-order chi connectivity index (χ1) is 7.27. The van der Waals surface area contributed by atoms with Crippen molar-refractivity contribution in [3.05, 3.63) is 0 Å². The summed E-state index contributed by atoms with van der Waals surface area (Å²) in [6.45, 7) is 0. The Hall–Kier alpha value is 0.470. The Morgan fingerprint density at radius 2 is 1.88 bits per heavy atom. The fraction of sp³-hybridized carbons (Fsp3) is 0.923. The minimum absolute atomic E-state index is 0. The largest absolute Gasteiger partial charge is 1.00 e. The van der Waals surface area contributed by atoms with Gasteiger partial charge in [0.05, 0.1) is 5.92 Å². The van der Waals surface area contributed by atoms with Gasteiger partial charge in [-0.15, -0.1) is 0 Å². The molecule has 88 valence electrons. The van der Waals surface area contributed by atoms with Crippen molar-refractivity contribution in [1.29, 1.82) is 0 Å². The number of hydrogen-bond donors (Lipinski definition) is 1. The maximum atomic E-state index is 10.6. The minimum Gasteiger partial charge on any atom is -1.00 e. The zero-order valence-corrected chi connectivity index (χ0v) is 12.5. The summed E-state index contributed by atoms with van der Waals surface area (Å²) in [5, 5.41) is 8.77. The van der Waals surface area contributed by atoms with Gasteiger partial charge in [0.2, 0.25) is 0 Å². The average Bonchev–Trinajstić information content (AvgIpc) is 2.99. The first-order valence-electron chi connectivity index (χ1n) is 6.50. The molecule has 2 aliphatic carbocycles. The van der Waals surface area contributed by atoms with E-state index in [2.05, 4.69) is 0 Å². The van der Waals surface area contributed by atoms with Crippen LogP contribution >= 0.6 is 0 Å². The molecule has 0 saturated heterocycles. The zero-order valence-electron chi connectivity index (χ0n) is 11.5. The van der Waals surface area contributed by atoms with Crippen molar-refractivity contribution in [2.75, 3.05) is 0 Å². The van der Waals surface area contributed by atoms with Crippen molar-refractivity contribution in [3.63, 3.8) is 0 Å². The van der Waals surface area contributed by atoms with Gasteiger partial charge < -0.3 is 6.53 Å². The second-order valence-corrected chi connectivity index (χ2v) is 5.38. The van der Waals surface area contributed by atoms with Gasteiger partial charge in [0.25, 0.3) is 0 Å². The van der Waals surface area contributed by atoms with Crippen LogP contribution in [0.25, 0.3) is 0 Å². The Morgan fingerprint density at radius 3 is 2.44 bits per heavy atom. The number of carboxylic acid groups (broad SMARTS) is 1. The monoisotopic (exact) mass is 234 g/mol. The summed E-state index contributed by atoms with van der Waals surface area (Å²) in [5.74, 6) is 0.917. The molecule has 2 rings (SSSR count). The third-order valence-electron chi connectivity index (χ3n) is 4.15. The Balaban J connectivity index is 0.00000128. The Bertz CT molecular complexity index is 229. The number of carboxylic acids is 1. The molecule has 0 spiro atoms. The molecule has 2 fully saturated rings. The number of carbonyl (C=O) groups is 1. The molecule has 2 unspecified atom stereocenters. The van der Waals surface area contributed by atoms with E-state index < -0.39 is 5.97 Å². The van der Waals surface area contributed by atoms with Gasteiger partial charge in [-0.1, -0.05) is 44.9 Å². The number of aliphatic carboxylic acids is 1. The first-order valence-corrected chi connectivity index (χ1v) is 6.50. The molecule has 0 radical (unpaired) electrons. The maximum absolute atomic E-state index is 10.6. The SMILES string of the molecule is O=C(O)C1CC1CCCC1CCCCC1.[H-].[Na+]. The van der Waals surface area contributed by atoms with E-state index in [-0.39, 0.29) is 36.9 Å². The van der Waals surface area contributed by atoms with Crippen LogP contribution in [0.15, 0.2) is 0 Å². The molecule has 0 bridgehead atoms. The Morgan fingerprint density at radius 1 is 1.19 bits per heavy atom. The molecule has 0 aliphatic heterocycles. The van der Waals surface area contributed by atoms with Crippen LogP contribution < -0.4 is 29.6 Å². The first kappa shape index (κ1) is 14.5. The van der Waals surface area contributed by atoms with Gasteiger partial charge in [-0.2, -0.15) is 0 Å². The summed E-state index contributed by atoms with van der Waals surface area (Å²) >= 11 is 0. The quantitative estimate of drug-likeness (QED) is 0.706. The van der Waals surface area contributed by atoms with Gasteiger partial charge in [0.1, 0.15) is 0 Å². The van der Waals surface area contributed by atoms with Crippen LogP contribution in [0.4, 0.5) is 0 Å². The third kappa shape index (κ3) is 4.38. The van der Waals surface area contributed by atoms with E-state index in [1.165, 1.54) is 44.9 Å². The summed E-state index contributed by atoms with van der Waals surface area (Å²) in [6, 6.07) is 0. The predicted molar refractivity (Wildman–Crippen MR) is 60.8 cm³/mol. The fourth-order valence-electron chi connectivity index (χ4n) is 3.01. The maximum Gasteiger partial charge on any atom is 1.00 e. The van der Waals surface area contributed by atoms with Gasteiger partial charge >= 0.3 is 35.5 Å². The molecule has 2 aliphatic rings. The average molecular weight is 234 g/mol. The van der Waals surface area contributed by atoms with Gasteiger partial charge in [-0.25, -0.2) is 0 Å². The smallest absolute Gasteiger partial charge is 1.00 e. The summed E-state index contributed by atoms with van der Waals surface area (Å²) in [6.07, 6.45) is 11.8. The van der Waals surface area contributed by atoms with Crippen LogP contribution in [-0.2, 0) is 4.79 Å². The van der Waals surface area contributed by atoms with Crippen molar-refractivity contribution in [2.24, 2.45) is 17.8 Å². The predicted octanol–water partition coefficient (Wildman–Crippen LogP) is 0.574. The zero-order chi connectivity index (χ0) is 10.7. The molecular formula is C13H23NaO2. The Kier molecular flexibility index (Phi) is 6.38. The third-order valence-corrected chi connectivity index (χ3v) is 4.15. The van der Waals surface area contributed by atoms with Crippen LogP contribution in [0.5, 0.6) is 0 Å². The minimum atomic E-state index is -0.572. The van der Waals surface area contributed by atoms with Crippen molar-refractivity contribution in [2.45, 2.75) is 57.8 Å². The fourth-order valence-corrected chi connectivity index (χ4v) is 3.01. The molecule has 2 saturated carbocycles. The molecule has 2 atom stereocenters. The Labute approximate surface area is 122 Å². The van der Waals surface area contributed by atoms with Crippen molar-refractivity contribution < 1.29 is 40.9 Å². The molecule has 3 heteroatoms. The molecule has 0 heterocycles. The van der Waals surface area contributed by atoms with E-state index in [0.29, 0.717) is 5.92 Å². The molecule has 2 nitrogen and oxygen atoms in total. The number of rotatable bonds is 5. The van der Waals surface area contributed by atoms with Crippen LogP contribution in [-0.4, -0.2) is 11.1 Å². The summed E-state index contributed by atoms with van der Waals surface area (Å²) < 4.78 is 0. The molecule has 0 aromatic rings. The van der Waals surface area contributed by atoms with Crippen LogP contribution in [0.2, 0.25) is 0 Å². The van der Waals surface area contributed by atoms with Crippen LogP contribution in [0, 0.1) is 17.8 Å². The topological polar surface area (TPSA) is 37.3 Å². The molecule has 1 N–H and O–H groups in total. The van der Waals surface area contributed by atoms with E-state index in [1.807, 2.05) is 0 Å². The van der Waals surface area contributed by atoms with E-state index in [4.69, 9.17) is 5.11 Å². The second-order valence-electron chi connectivity index (χ2n) is 5.38. The van der Waals surface area contributed by atoms with E-state index in [0.717, 1.165) is 18.8 Å². The molecular weight excluding hydrogens is 211 g/mol.